The molecule has 1 aromatic heterocycles. The van der Waals surface area contributed by atoms with Crippen LogP contribution in [-0.2, 0) is 5.41 Å². The molecule has 0 fully saturated rings. The third-order valence-corrected chi connectivity index (χ3v) is 2.01. The number of allylic oxidation sites excluding steroid dienone is 1. The monoisotopic (exact) mass is 161 g/mol. The molecule has 1 rings (SSSR count). The van der Waals surface area contributed by atoms with E-state index in [-0.39, 0.29) is 5.41 Å². The molecule has 1 heteroatoms. The largest absolute Gasteiger partial charge is 0.261 e. The van der Waals surface area contributed by atoms with E-state index in [1.165, 1.54) is 0 Å². The maximum Gasteiger partial charge on any atom is 0.0462 e. The molecule has 1 nitrogen and oxygen atoms in total. The van der Waals surface area contributed by atoms with Crippen molar-refractivity contribution in [3.8, 4) is 0 Å². The Labute approximate surface area is 74.2 Å². The molecular weight excluding hydrogens is 146 g/mol. The zero-order valence-electron chi connectivity index (χ0n) is 7.75. The molecule has 0 unspecified atom stereocenters. The van der Waals surface area contributed by atoms with Gasteiger partial charge < -0.3 is 0 Å². The van der Waals surface area contributed by atoms with Crippen molar-refractivity contribution in [3.63, 3.8) is 0 Å². The summed E-state index contributed by atoms with van der Waals surface area (Å²) in [5.74, 6) is 0. The predicted octanol–water partition coefficient (Wildman–Crippen LogP) is 2.94. The van der Waals surface area contributed by atoms with Crippen LogP contribution >= 0.6 is 0 Å². The Balaban J connectivity index is 2.89. The zero-order chi connectivity index (χ0) is 9.03. The standard InChI is InChI=1S/C11H15N/c1-4-8-11(2,3)10-7-5-6-9-12-10/h4-7,9H,1,8H2,2-3H3. The van der Waals surface area contributed by atoms with Crippen molar-refractivity contribution in [1.82, 2.24) is 4.98 Å². The van der Waals surface area contributed by atoms with E-state index in [1.807, 2.05) is 24.4 Å². The molecule has 12 heavy (non-hydrogen) atoms. The van der Waals surface area contributed by atoms with Gasteiger partial charge in [0.25, 0.3) is 0 Å². The van der Waals surface area contributed by atoms with Crippen LogP contribution in [0.5, 0.6) is 0 Å². The number of hydrogen-bond acceptors (Lipinski definition) is 1. The van der Waals surface area contributed by atoms with E-state index in [2.05, 4.69) is 31.5 Å². The lowest BCUT2D eigenvalue weighted by Gasteiger charge is -2.21. The molecule has 0 N–H and O–H groups in total. The van der Waals surface area contributed by atoms with E-state index in [0.29, 0.717) is 0 Å². The second kappa shape index (κ2) is 3.53. The fourth-order valence-electron chi connectivity index (χ4n) is 1.23. The Morgan fingerprint density at radius 1 is 1.50 bits per heavy atom. The third kappa shape index (κ3) is 1.94. The molecule has 0 aromatic carbocycles. The first-order valence-electron chi connectivity index (χ1n) is 4.19. The van der Waals surface area contributed by atoms with Crippen molar-refractivity contribution in [3.05, 3.63) is 42.7 Å². The van der Waals surface area contributed by atoms with Crippen molar-refractivity contribution < 1.29 is 0 Å². The van der Waals surface area contributed by atoms with Crippen LogP contribution in [0.2, 0.25) is 0 Å². The zero-order valence-corrected chi connectivity index (χ0v) is 7.75. The lowest BCUT2D eigenvalue weighted by Crippen LogP contribution is -2.17. The van der Waals surface area contributed by atoms with Crippen molar-refractivity contribution in [2.45, 2.75) is 25.7 Å². The average molecular weight is 161 g/mol. The SMILES string of the molecule is C=CCC(C)(C)c1ccccn1. The summed E-state index contributed by atoms with van der Waals surface area (Å²) in [5.41, 5.74) is 1.24. The molecule has 0 aliphatic rings. The first kappa shape index (κ1) is 8.98. The number of nitrogens with zero attached hydrogens (tertiary/aromatic N) is 1. The molecule has 0 amide bonds. The third-order valence-electron chi connectivity index (χ3n) is 2.01. The molecule has 0 radical (unpaired) electrons. The van der Waals surface area contributed by atoms with Gasteiger partial charge >= 0.3 is 0 Å². The van der Waals surface area contributed by atoms with E-state index in [1.54, 1.807) is 0 Å². The lowest BCUT2D eigenvalue weighted by molar-refractivity contribution is 0.517. The highest BCUT2D eigenvalue weighted by Gasteiger charge is 2.19. The van der Waals surface area contributed by atoms with Gasteiger partial charge in [-0.1, -0.05) is 26.0 Å². The van der Waals surface area contributed by atoms with Gasteiger partial charge in [-0.2, -0.15) is 0 Å². The van der Waals surface area contributed by atoms with Crippen LogP contribution in [0, 0.1) is 0 Å². The number of pyridine rings is 1. The van der Waals surface area contributed by atoms with Crippen molar-refractivity contribution in [1.29, 1.82) is 0 Å². The smallest absolute Gasteiger partial charge is 0.0462 e. The van der Waals surface area contributed by atoms with E-state index >= 15 is 0 Å². The minimum atomic E-state index is 0.114. The van der Waals surface area contributed by atoms with E-state index in [9.17, 15) is 0 Å². The van der Waals surface area contributed by atoms with Gasteiger partial charge in [0, 0.05) is 17.3 Å². The Morgan fingerprint density at radius 2 is 2.25 bits per heavy atom. The van der Waals surface area contributed by atoms with Crippen molar-refractivity contribution >= 4 is 0 Å². The van der Waals surface area contributed by atoms with E-state index < -0.39 is 0 Å². The summed E-state index contributed by atoms with van der Waals surface area (Å²) in [6.45, 7) is 8.10. The van der Waals surface area contributed by atoms with Crippen LogP contribution in [0.3, 0.4) is 0 Å². The molecule has 0 saturated carbocycles. The lowest BCUT2D eigenvalue weighted by atomic mass is 9.85. The van der Waals surface area contributed by atoms with E-state index in [0.717, 1.165) is 12.1 Å². The topological polar surface area (TPSA) is 12.9 Å². The molecule has 64 valence electrons. The maximum atomic E-state index is 4.32. The summed E-state index contributed by atoms with van der Waals surface area (Å²) in [4.78, 5) is 4.32. The maximum absolute atomic E-state index is 4.32. The number of aromatic nitrogens is 1. The van der Waals surface area contributed by atoms with Gasteiger partial charge in [0.05, 0.1) is 0 Å². The molecular formula is C11H15N. The molecule has 1 aromatic rings. The average Bonchev–Trinajstić information content (AvgIpc) is 2.06. The summed E-state index contributed by atoms with van der Waals surface area (Å²) in [7, 11) is 0. The Bertz CT molecular complexity index is 249. The van der Waals surface area contributed by atoms with Gasteiger partial charge in [-0.25, -0.2) is 0 Å². The molecule has 0 spiro atoms. The van der Waals surface area contributed by atoms with Gasteiger partial charge in [0.15, 0.2) is 0 Å². The molecule has 0 atom stereocenters. The normalized spacial score (nSPS) is 11.2. The molecule has 0 aliphatic heterocycles. The highest BCUT2D eigenvalue weighted by atomic mass is 14.7. The van der Waals surface area contributed by atoms with Gasteiger partial charge in [0.2, 0.25) is 0 Å². The Kier molecular flexibility index (Phi) is 2.64. The second-order valence-electron chi connectivity index (χ2n) is 3.59. The van der Waals surface area contributed by atoms with Crippen LogP contribution < -0.4 is 0 Å². The molecule has 0 saturated heterocycles. The predicted molar refractivity (Wildman–Crippen MR) is 52.1 cm³/mol. The quantitative estimate of drug-likeness (QED) is 0.621. The minimum absolute atomic E-state index is 0.114. The molecule has 0 bridgehead atoms. The second-order valence-corrected chi connectivity index (χ2v) is 3.59. The van der Waals surface area contributed by atoms with Crippen LogP contribution in [0.25, 0.3) is 0 Å². The fraction of sp³-hybridized carbons (Fsp3) is 0.364. The van der Waals surface area contributed by atoms with Gasteiger partial charge in [-0.15, -0.1) is 6.58 Å². The van der Waals surface area contributed by atoms with Gasteiger partial charge in [-0.05, 0) is 18.6 Å². The van der Waals surface area contributed by atoms with Crippen LogP contribution in [0.1, 0.15) is 26.0 Å². The Hall–Kier alpha value is -1.11. The highest BCUT2D eigenvalue weighted by Crippen LogP contribution is 2.24. The molecule has 1 heterocycles. The summed E-state index contributed by atoms with van der Waals surface area (Å²) in [6.07, 6.45) is 4.73. The van der Waals surface area contributed by atoms with Crippen LogP contribution in [0.15, 0.2) is 37.1 Å². The summed E-state index contributed by atoms with van der Waals surface area (Å²) >= 11 is 0. The first-order chi connectivity index (χ1) is 5.67. The number of rotatable bonds is 3. The summed E-state index contributed by atoms with van der Waals surface area (Å²) < 4.78 is 0. The summed E-state index contributed by atoms with van der Waals surface area (Å²) in [6, 6.07) is 6.02. The Morgan fingerprint density at radius 3 is 2.75 bits per heavy atom. The summed E-state index contributed by atoms with van der Waals surface area (Å²) in [5, 5.41) is 0. The van der Waals surface area contributed by atoms with Gasteiger partial charge in [-0.3, -0.25) is 4.98 Å². The number of hydrogen-bond donors (Lipinski definition) is 0. The molecule has 0 aliphatic carbocycles. The van der Waals surface area contributed by atoms with Crippen LogP contribution in [0.4, 0.5) is 0 Å². The first-order valence-corrected chi connectivity index (χ1v) is 4.19. The van der Waals surface area contributed by atoms with Crippen molar-refractivity contribution in [2.75, 3.05) is 0 Å². The highest BCUT2D eigenvalue weighted by molar-refractivity contribution is 5.15. The van der Waals surface area contributed by atoms with Crippen LogP contribution in [-0.4, -0.2) is 4.98 Å². The fourth-order valence-corrected chi connectivity index (χ4v) is 1.23. The van der Waals surface area contributed by atoms with E-state index in [4.69, 9.17) is 0 Å². The van der Waals surface area contributed by atoms with Gasteiger partial charge in [0.1, 0.15) is 0 Å². The van der Waals surface area contributed by atoms with Crippen molar-refractivity contribution in [2.24, 2.45) is 0 Å². The minimum Gasteiger partial charge on any atom is -0.261 e.